The number of halogens is 6. The Labute approximate surface area is 203 Å². The van der Waals surface area contributed by atoms with Gasteiger partial charge in [0.05, 0.1) is 5.39 Å². The molecule has 2 N–H and O–H groups in total. The molecule has 1 atom stereocenters. The first-order chi connectivity index (χ1) is 17.5. The summed E-state index contributed by atoms with van der Waals surface area (Å²) in [5, 5.41) is 3.99. The Kier molecular flexibility index (Phi) is 5.83. The van der Waals surface area contributed by atoms with E-state index in [4.69, 9.17) is 0 Å². The first-order valence-corrected chi connectivity index (χ1v) is 11.1. The predicted octanol–water partition coefficient (Wildman–Crippen LogP) is 3.40. The van der Waals surface area contributed by atoms with Gasteiger partial charge in [0.15, 0.2) is 17.3 Å². The van der Waals surface area contributed by atoms with Crippen LogP contribution in [-0.2, 0) is 0 Å². The van der Waals surface area contributed by atoms with Crippen LogP contribution in [0.3, 0.4) is 0 Å². The van der Waals surface area contributed by atoms with Gasteiger partial charge in [0, 0.05) is 31.4 Å². The third-order valence-electron chi connectivity index (χ3n) is 6.17. The third kappa shape index (κ3) is 4.47. The molecular formula is C23H17F6N5O3. The lowest BCUT2D eigenvalue weighted by atomic mass is 10.1. The summed E-state index contributed by atoms with van der Waals surface area (Å²) in [5.41, 5.74) is -3.21. The number of benzene rings is 1. The minimum absolute atomic E-state index is 0.00153. The number of rotatable bonds is 5. The number of carbonyl (C=O) groups excluding carboxylic acids is 2. The van der Waals surface area contributed by atoms with Crippen molar-refractivity contribution in [2.75, 3.05) is 18.0 Å². The first-order valence-electron chi connectivity index (χ1n) is 11.1. The highest BCUT2D eigenvalue weighted by atomic mass is 19.4. The van der Waals surface area contributed by atoms with Gasteiger partial charge in [-0.2, -0.15) is 13.2 Å². The van der Waals surface area contributed by atoms with Crippen molar-refractivity contribution in [3.63, 3.8) is 0 Å². The van der Waals surface area contributed by atoms with Crippen molar-refractivity contribution in [2.45, 2.75) is 25.1 Å². The monoisotopic (exact) mass is 525 g/mol. The Morgan fingerprint density at radius 1 is 1.11 bits per heavy atom. The average molecular weight is 525 g/mol. The number of anilines is 1. The van der Waals surface area contributed by atoms with Gasteiger partial charge in [0.2, 0.25) is 5.43 Å². The number of amides is 3. The molecule has 1 saturated heterocycles. The van der Waals surface area contributed by atoms with Gasteiger partial charge in [-0.3, -0.25) is 19.1 Å². The third-order valence-corrected chi connectivity index (χ3v) is 6.17. The van der Waals surface area contributed by atoms with E-state index in [1.165, 1.54) is 11.0 Å². The molecule has 8 nitrogen and oxygen atoms in total. The van der Waals surface area contributed by atoms with E-state index in [1.54, 1.807) is 0 Å². The van der Waals surface area contributed by atoms with Crippen molar-refractivity contribution in [1.29, 1.82) is 0 Å². The fourth-order valence-electron chi connectivity index (χ4n) is 4.25. The number of pyridine rings is 2. The zero-order chi connectivity index (χ0) is 26.6. The quantitative estimate of drug-likeness (QED) is 0.500. The van der Waals surface area contributed by atoms with E-state index in [1.807, 2.05) is 5.32 Å². The van der Waals surface area contributed by atoms with Crippen LogP contribution in [0.5, 0.6) is 0 Å². The number of hydrogen-bond donors (Lipinski definition) is 2. The highest BCUT2D eigenvalue weighted by Gasteiger charge is 2.50. The summed E-state index contributed by atoms with van der Waals surface area (Å²) in [7, 11) is 0. The largest absolute Gasteiger partial charge is 0.408 e. The van der Waals surface area contributed by atoms with Gasteiger partial charge < -0.3 is 10.6 Å². The molecule has 194 valence electrons. The molecule has 2 aromatic heterocycles. The number of nitrogens with one attached hydrogen (secondary N) is 2. The summed E-state index contributed by atoms with van der Waals surface area (Å²) in [6.45, 7) is 0.481. The SMILES string of the molecule is O=C(NC(C1CC1)C(F)(F)F)c1cn(-c2c(F)cc(F)cc2F)c2nc(N3CCNC3=O)ccc2c1=O. The maximum atomic E-state index is 14.8. The van der Waals surface area contributed by atoms with Crippen molar-refractivity contribution in [3.8, 4) is 5.69 Å². The van der Waals surface area contributed by atoms with Crippen molar-refractivity contribution in [1.82, 2.24) is 20.2 Å². The van der Waals surface area contributed by atoms with E-state index in [2.05, 4.69) is 10.3 Å². The van der Waals surface area contributed by atoms with Crippen molar-refractivity contribution < 1.29 is 35.9 Å². The molecule has 3 amide bonds. The van der Waals surface area contributed by atoms with E-state index in [0.717, 1.165) is 6.07 Å². The minimum atomic E-state index is -4.78. The van der Waals surface area contributed by atoms with Gasteiger partial charge >= 0.3 is 12.2 Å². The molecule has 1 aliphatic carbocycles. The van der Waals surface area contributed by atoms with Crippen LogP contribution in [0.15, 0.2) is 35.3 Å². The van der Waals surface area contributed by atoms with Crippen LogP contribution in [0.25, 0.3) is 16.7 Å². The molecule has 14 heteroatoms. The van der Waals surface area contributed by atoms with Crippen LogP contribution < -0.4 is 21.0 Å². The second-order valence-electron chi connectivity index (χ2n) is 8.71. The van der Waals surface area contributed by atoms with Crippen molar-refractivity contribution in [2.24, 2.45) is 5.92 Å². The van der Waals surface area contributed by atoms with Crippen LogP contribution >= 0.6 is 0 Å². The van der Waals surface area contributed by atoms with E-state index in [9.17, 15) is 40.7 Å². The number of aromatic nitrogens is 2. The average Bonchev–Trinajstić information content (AvgIpc) is 3.56. The summed E-state index contributed by atoms with van der Waals surface area (Å²) in [4.78, 5) is 43.5. The number of carbonyl (C=O) groups is 2. The molecule has 2 aliphatic rings. The minimum Gasteiger partial charge on any atom is -0.340 e. The Morgan fingerprint density at radius 3 is 2.35 bits per heavy atom. The highest BCUT2D eigenvalue weighted by Crippen LogP contribution is 2.40. The molecule has 1 saturated carbocycles. The Bertz CT molecular complexity index is 1480. The molecule has 2 fully saturated rings. The molecular weight excluding hydrogens is 508 g/mol. The lowest BCUT2D eigenvalue weighted by molar-refractivity contribution is -0.158. The fraction of sp³-hybridized carbons (Fsp3) is 0.304. The lowest BCUT2D eigenvalue weighted by Gasteiger charge is -2.22. The van der Waals surface area contributed by atoms with Gasteiger partial charge in [-0.1, -0.05) is 0 Å². The molecule has 0 bridgehead atoms. The molecule has 3 heterocycles. The second-order valence-corrected chi connectivity index (χ2v) is 8.71. The van der Waals surface area contributed by atoms with Gasteiger partial charge in [0.25, 0.3) is 5.91 Å². The van der Waals surface area contributed by atoms with Gasteiger partial charge in [-0.15, -0.1) is 0 Å². The van der Waals surface area contributed by atoms with Crippen LogP contribution in [0.2, 0.25) is 0 Å². The molecule has 37 heavy (non-hydrogen) atoms. The summed E-state index contributed by atoms with van der Waals surface area (Å²) in [6.07, 6.45) is -3.67. The Balaban J connectivity index is 1.71. The number of hydrogen-bond acceptors (Lipinski definition) is 4. The lowest BCUT2D eigenvalue weighted by Crippen LogP contribution is -2.48. The highest BCUT2D eigenvalue weighted by molar-refractivity contribution is 5.98. The Hall–Kier alpha value is -4.10. The molecule has 0 radical (unpaired) electrons. The zero-order valence-electron chi connectivity index (χ0n) is 18.7. The summed E-state index contributed by atoms with van der Waals surface area (Å²) in [5.74, 6) is -6.35. The molecule has 3 aromatic rings. The number of nitrogens with zero attached hydrogens (tertiary/aromatic N) is 3. The summed E-state index contributed by atoms with van der Waals surface area (Å²) in [6, 6.07) is 0.367. The molecule has 1 unspecified atom stereocenters. The van der Waals surface area contributed by atoms with E-state index in [-0.39, 0.29) is 37.1 Å². The van der Waals surface area contributed by atoms with Crippen LogP contribution in [-0.4, -0.2) is 46.8 Å². The molecule has 1 aromatic carbocycles. The van der Waals surface area contributed by atoms with Crippen LogP contribution in [0.4, 0.5) is 37.0 Å². The van der Waals surface area contributed by atoms with Crippen LogP contribution in [0, 0.1) is 23.4 Å². The van der Waals surface area contributed by atoms with E-state index < -0.39 is 69.9 Å². The van der Waals surface area contributed by atoms with Crippen molar-refractivity contribution in [3.05, 3.63) is 63.7 Å². The standard InChI is InChI=1S/C23H17F6N5O3/c24-11-7-14(25)17(15(26)8-11)34-9-13(21(36)32-19(10-1-2-10)23(27,28)29)18(35)12-3-4-16(31-20(12)34)33-6-5-30-22(33)37/h3-4,7-10,19H,1-2,5-6H2,(H,30,37)(H,32,36). The summed E-state index contributed by atoms with van der Waals surface area (Å²) >= 11 is 0. The maximum Gasteiger partial charge on any atom is 0.408 e. The number of alkyl halides is 3. The number of urea groups is 1. The zero-order valence-corrected chi connectivity index (χ0v) is 18.7. The molecule has 1 aliphatic heterocycles. The summed E-state index contributed by atoms with van der Waals surface area (Å²) < 4.78 is 84.2. The topological polar surface area (TPSA) is 96.3 Å². The van der Waals surface area contributed by atoms with Crippen LogP contribution in [0.1, 0.15) is 23.2 Å². The molecule has 0 spiro atoms. The number of fused-ring (bicyclic) bond motifs is 1. The van der Waals surface area contributed by atoms with Crippen molar-refractivity contribution >= 4 is 28.8 Å². The first kappa shape index (κ1) is 24.6. The smallest absolute Gasteiger partial charge is 0.340 e. The van der Waals surface area contributed by atoms with E-state index in [0.29, 0.717) is 22.9 Å². The van der Waals surface area contributed by atoms with Gasteiger partial charge in [-0.25, -0.2) is 22.9 Å². The second kappa shape index (κ2) is 8.78. The Morgan fingerprint density at radius 2 is 1.78 bits per heavy atom. The normalized spacial score (nSPS) is 16.7. The van der Waals surface area contributed by atoms with E-state index >= 15 is 0 Å². The van der Waals surface area contributed by atoms with Gasteiger partial charge in [0.1, 0.15) is 28.9 Å². The fourth-order valence-corrected chi connectivity index (χ4v) is 4.25. The molecule has 5 rings (SSSR count). The predicted molar refractivity (Wildman–Crippen MR) is 118 cm³/mol. The van der Waals surface area contributed by atoms with Gasteiger partial charge in [-0.05, 0) is 30.9 Å². The maximum absolute atomic E-state index is 14.8.